The molecule has 0 aliphatic rings. The average Bonchev–Trinajstić information content (AvgIpc) is 2.17. The van der Waals surface area contributed by atoms with Gasteiger partial charge in [-0.3, -0.25) is 20.5 Å². The quantitative estimate of drug-likeness (QED) is 0.346. The van der Waals surface area contributed by atoms with Gasteiger partial charge in [-0.1, -0.05) is 6.07 Å². The molecular weight excluding hydrogens is 196 g/mol. The minimum Gasteiger partial charge on any atom is -0.370 e. The molecular formula is C8H10N6O. The number of aromatic nitrogens is 1. The number of hydrogen-bond donors (Lipinski definition) is 4. The Hall–Kier alpha value is -2.44. The van der Waals surface area contributed by atoms with Crippen LogP contribution in [0.15, 0.2) is 29.4 Å². The second kappa shape index (κ2) is 4.70. The van der Waals surface area contributed by atoms with Gasteiger partial charge in [0.15, 0.2) is 5.96 Å². The van der Waals surface area contributed by atoms with Crippen LogP contribution in [0.2, 0.25) is 0 Å². The molecule has 15 heavy (non-hydrogen) atoms. The number of aliphatic imine (C=N–C) groups is 1. The summed E-state index contributed by atoms with van der Waals surface area (Å²) in [6.07, 6.45) is 1.47. The fraction of sp³-hybridized carbons (Fsp3) is 0. The van der Waals surface area contributed by atoms with Crippen molar-refractivity contribution in [1.29, 1.82) is 5.41 Å². The van der Waals surface area contributed by atoms with Gasteiger partial charge in [0.05, 0.1) is 0 Å². The summed E-state index contributed by atoms with van der Waals surface area (Å²) < 4.78 is 0. The number of nitrogens with one attached hydrogen (secondary N) is 2. The van der Waals surface area contributed by atoms with E-state index in [1.807, 2.05) is 0 Å². The third kappa shape index (κ3) is 3.43. The highest BCUT2D eigenvalue weighted by atomic mass is 16.1. The normalized spacial score (nSPS) is 10.8. The summed E-state index contributed by atoms with van der Waals surface area (Å²) >= 11 is 0. The fourth-order valence-corrected chi connectivity index (χ4v) is 0.822. The molecule has 78 valence electrons. The zero-order chi connectivity index (χ0) is 11.3. The van der Waals surface area contributed by atoms with Gasteiger partial charge in [-0.25, -0.2) is 0 Å². The minimum absolute atomic E-state index is 0.172. The lowest BCUT2D eigenvalue weighted by atomic mass is 10.3. The number of nitrogens with two attached hydrogens (primary N) is 2. The molecule has 1 amide bonds. The van der Waals surface area contributed by atoms with E-state index in [0.717, 1.165) is 0 Å². The van der Waals surface area contributed by atoms with Crippen molar-refractivity contribution in [2.75, 3.05) is 0 Å². The number of amides is 1. The number of hydrogen-bond acceptors (Lipinski definition) is 3. The summed E-state index contributed by atoms with van der Waals surface area (Å²) in [6, 6.07) is 4.84. The molecule has 0 saturated heterocycles. The molecule has 0 spiro atoms. The van der Waals surface area contributed by atoms with Crippen LogP contribution in [0.5, 0.6) is 0 Å². The van der Waals surface area contributed by atoms with Crippen molar-refractivity contribution < 1.29 is 4.79 Å². The highest BCUT2D eigenvalue weighted by molar-refractivity contribution is 6.05. The lowest BCUT2D eigenvalue weighted by Gasteiger charge is -2.00. The first kappa shape index (κ1) is 10.6. The molecule has 0 aromatic carbocycles. The molecule has 0 saturated carbocycles. The van der Waals surface area contributed by atoms with Crippen LogP contribution in [-0.2, 0) is 0 Å². The van der Waals surface area contributed by atoms with Crippen molar-refractivity contribution in [3.05, 3.63) is 30.1 Å². The SMILES string of the molecule is N=C(N)NC(N)=NC(=O)c1ccccn1. The number of rotatable bonds is 1. The highest BCUT2D eigenvalue weighted by Crippen LogP contribution is 1.95. The van der Waals surface area contributed by atoms with Crippen molar-refractivity contribution in [1.82, 2.24) is 10.3 Å². The van der Waals surface area contributed by atoms with Crippen LogP contribution in [0.1, 0.15) is 10.5 Å². The number of pyridine rings is 1. The van der Waals surface area contributed by atoms with E-state index in [0.29, 0.717) is 0 Å². The maximum absolute atomic E-state index is 11.4. The Morgan fingerprint density at radius 3 is 2.73 bits per heavy atom. The second-order valence-corrected chi connectivity index (χ2v) is 2.56. The van der Waals surface area contributed by atoms with E-state index < -0.39 is 5.91 Å². The van der Waals surface area contributed by atoms with E-state index in [9.17, 15) is 4.79 Å². The van der Waals surface area contributed by atoms with Crippen molar-refractivity contribution in [3.63, 3.8) is 0 Å². The van der Waals surface area contributed by atoms with Crippen molar-refractivity contribution >= 4 is 17.8 Å². The van der Waals surface area contributed by atoms with Gasteiger partial charge in [0.25, 0.3) is 5.91 Å². The summed E-state index contributed by atoms with van der Waals surface area (Å²) in [6.45, 7) is 0. The van der Waals surface area contributed by atoms with Crippen molar-refractivity contribution in [2.24, 2.45) is 16.5 Å². The third-order valence-corrected chi connectivity index (χ3v) is 1.37. The zero-order valence-corrected chi connectivity index (χ0v) is 7.77. The summed E-state index contributed by atoms with van der Waals surface area (Å²) in [7, 11) is 0. The molecule has 0 atom stereocenters. The van der Waals surface area contributed by atoms with Crippen molar-refractivity contribution in [3.8, 4) is 0 Å². The predicted octanol–water partition coefficient (Wildman–Crippen LogP) is -0.980. The summed E-state index contributed by atoms with van der Waals surface area (Å²) in [5.74, 6) is -1.22. The maximum Gasteiger partial charge on any atom is 0.298 e. The van der Waals surface area contributed by atoms with Crippen molar-refractivity contribution in [2.45, 2.75) is 0 Å². The maximum atomic E-state index is 11.4. The topological polar surface area (TPSA) is 130 Å². The molecule has 0 aliphatic carbocycles. The van der Waals surface area contributed by atoms with Gasteiger partial charge >= 0.3 is 0 Å². The fourth-order valence-electron chi connectivity index (χ4n) is 0.822. The molecule has 0 bridgehead atoms. The molecule has 1 aromatic heterocycles. The minimum atomic E-state index is -0.596. The van der Waals surface area contributed by atoms with E-state index >= 15 is 0 Å². The van der Waals surface area contributed by atoms with Crippen LogP contribution in [0.4, 0.5) is 0 Å². The van der Waals surface area contributed by atoms with Crippen LogP contribution < -0.4 is 16.8 Å². The molecule has 0 unspecified atom stereocenters. The van der Waals surface area contributed by atoms with E-state index in [1.165, 1.54) is 12.3 Å². The molecule has 6 N–H and O–H groups in total. The molecule has 1 aromatic rings. The lowest BCUT2D eigenvalue weighted by molar-refractivity contribution is 0.0998. The summed E-state index contributed by atoms with van der Waals surface area (Å²) in [4.78, 5) is 18.6. The zero-order valence-electron chi connectivity index (χ0n) is 7.77. The first-order chi connectivity index (χ1) is 7.09. The Labute approximate surface area is 85.7 Å². The number of carbonyl (C=O) groups is 1. The Morgan fingerprint density at radius 1 is 1.47 bits per heavy atom. The van der Waals surface area contributed by atoms with E-state index in [4.69, 9.17) is 16.9 Å². The smallest absolute Gasteiger partial charge is 0.298 e. The van der Waals surface area contributed by atoms with Crippen LogP contribution in [0.25, 0.3) is 0 Å². The third-order valence-electron chi connectivity index (χ3n) is 1.37. The van der Waals surface area contributed by atoms with E-state index in [2.05, 4.69) is 15.3 Å². The Bertz CT molecular complexity index is 399. The number of carbonyl (C=O) groups excluding carboxylic acids is 1. The second-order valence-electron chi connectivity index (χ2n) is 2.56. The Kier molecular flexibility index (Phi) is 3.33. The molecule has 7 heteroatoms. The predicted molar refractivity (Wildman–Crippen MR) is 55.2 cm³/mol. The van der Waals surface area contributed by atoms with Crippen LogP contribution in [0.3, 0.4) is 0 Å². The van der Waals surface area contributed by atoms with Crippen LogP contribution in [-0.4, -0.2) is 22.8 Å². The highest BCUT2D eigenvalue weighted by Gasteiger charge is 2.05. The number of guanidine groups is 2. The molecule has 1 heterocycles. The first-order valence-electron chi connectivity index (χ1n) is 4.00. The van der Waals surface area contributed by atoms with Gasteiger partial charge in [-0.05, 0) is 12.1 Å². The Morgan fingerprint density at radius 2 is 2.20 bits per heavy atom. The molecule has 0 aliphatic heterocycles. The molecule has 1 rings (SSSR count). The molecule has 7 nitrogen and oxygen atoms in total. The van der Waals surface area contributed by atoms with Gasteiger partial charge in [-0.15, -0.1) is 0 Å². The van der Waals surface area contributed by atoms with Gasteiger partial charge < -0.3 is 11.5 Å². The number of nitrogens with zero attached hydrogens (tertiary/aromatic N) is 2. The van der Waals surface area contributed by atoms with Gasteiger partial charge in [0.2, 0.25) is 5.96 Å². The largest absolute Gasteiger partial charge is 0.370 e. The monoisotopic (exact) mass is 206 g/mol. The molecule has 0 radical (unpaired) electrons. The van der Waals surface area contributed by atoms with E-state index in [-0.39, 0.29) is 17.6 Å². The van der Waals surface area contributed by atoms with Crippen LogP contribution >= 0.6 is 0 Å². The van der Waals surface area contributed by atoms with Gasteiger partial charge in [0, 0.05) is 6.20 Å². The first-order valence-corrected chi connectivity index (χ1v) is 4.00. The standard InChI is InChI=1S/C8H10N6O/c9-7(10)14-8(11)13-6(15)5-3-1-2-4-12-5/h1-4H,(H6,9,10,11,13,14,15). The summed E-state index contributed by atoms with van der Waals surface area (Å²) in [5, 5.41) is 9.04. The van der Waals surface area contributed by atoms with Gasteiger partial charge in [0.1, 0.15) is 5.69 Å². The van der Waals surface area contributed by atoms with E-state index in [1.54, 1.807) is 12.1 Å². The lowest BCUT2D eigenvalue weighted by Crippen LogP contribution is -2.41. The van der Waals surface area contributed by atoms with Crippen LogP contribution in [0, 0.1) is 5.41 Å². The average molecular weight is 206 g/mol. The summed E-state index contributed by atoms with van der Waals surface area (Å²) in [5.41, 5.74) is 10.4. The Balaban J connectivity index is 2.75. The van der Waals surface area contributed by atoms with Gasteiger partial charge in [-0.2, -0.15) is 4.99 Å². The molecule has 0 fully saturated rings.